The van der Waals surface area contributed by atoms with Crippen LogP contribution in [-0.4, -0.2) is 23.4 Å². The van der Waals surface area contributed by atoms with E-state index < -0.39 is 0 Å². The fourth-order valence-electron chi connectivity index (χ4n) is 1.97. The van der Waals surface area contributed by atoms with Crippen molar-refractivity contribution < 1.29 is 4.79 Å². The Hall–Kier alpha value is -0.870. The van der Waals surface area contributed by atoms with Crippen LogP contribution in [0.2, 0.25) is 0 Å². The summed E-state index contributed by atoms with van der Waals surface area (Å²) >= 11 is 1.71. The van der Waals surface area contributed by atoms with E-state index in [9.17, 15) is 4.79 Å². The van der Waals surface area contributed by atoms with E-state index in [1.54, 1.807) is 11.3 Å². The lowest BCUT2D eigenvalue weighted by molar-refractivity contribution is -0.128. The number of thiophene rings is 1. The monoisotopic (exact) mass is 208 g/mol. The lowest BCUT2D eigenvalue weighted by Crippen LogP contribution is -2.31. The molecule has 1 N–H and O–H groups in total. The van der Waals surface area contributed by atoms with E-state index in [1.165, 1.54) is 17.7 Å². The van der Waals surface area contributed by atoms with Crippen LogP contribution in [0.15, 0.2) is 17.5 Å². The second kappa shape index (κ2) is 3.07. The minimum Gasteiger partial charge on any atom is -0.318 e. The standard InChI is InChI=1S/C10H12N2OS/c13-9-6-11-10(8-2-1-5-14-8)12(9)7-3-4-7/h1-2,5,7,10-11H,3-4,6H2. The summed E-state index contributed by atoms with van der Waals surface area (Å²) in [7, 11) is 0. The van der Waals surface area contributed by atoms with E-state index in [0.717, 1.165) is 0 Å². The molecule has 1 saturated heterocycles. The molecule has 0 bridgehead atoms. The van der Waals surface area contributed by atoms with Crippen molar-refractivity contribution in [2.45, 2.75) is 25.0 Å². The van der Waals surface area contributed by atoms with E-state index >= 15 is 0 Å². The first-order valence-corrected chi connectivity index (χ1v) is 5.82. The van der Waals surface area contributed by atoms with Crippen molar-refractivity contribution in [1.29, 1.82) is 0 Å². The fourth-order valence-corrected chi connectivity index (χ4v) is 2.77. The van der Waals surface area contributed by atoms with Gasteiger partial charge >= 0.3 is 0 Å². The topological polar surface area (TPSA) is 32.3 Å². The number of carbonyl (C=O) groups excluding carboxylic acids is 1. The largest absolute Gasteiger partial charge is 0.318 e. The average molecular weight is 208 g/mol. The van der Waals surface area contributed by atoms with Crippen molar-refractivity contribution in [3.8, 4) is 0 Å². The third-order valence-corrected chi connectivity index (χ3v) is 3.69. The SMILES string of the molecule is O=C1CNC(c2cccs2)N1C1CC1. The van der Waals surface area contributed by atoms with Gasteiger partial charge in [0.15, 0.2) is 0 Å². The minimum absolute atomic E-state index is 0.148. The van der Waals surface area contributed by atoms with Gasteiger partial charge in [-0.2, -0.15) is 0 Å². The van der Waals surface area contributed by atoms with Crippen LogP contribution in [0.3, 0.4) is 0 Å². The molecule has 1 aliphatic heterocycles. The van der Waals surface area contributed by atoms with Crippen molar-refractivity contribution in [2.24, 2.45) is 0 Å². The Morgan fingerprint density at radius 2 is 2.36 bits per heavy atom. The van der Waals surface area contributed by atoms with Crippen LogP contribution >= 0.6 is 11.3 Å². The molecule has 0 radical (unpaired) electrons. The third-order valence-electron chi connectivity index (χ3n) is 2.77. The second-order valence-corrected chi connectivity index (χ2v) is 4.81. The summed E-state index contributed by atoms with van der Waals surface area (Å²) in [5.74, 6) is 0.255. The van der Waals surface area contributed by atoms with Gasteiger partial charge < -0.3 is 4.90 Å². The maximum Gasteiger partial charge on any atom is 0.238 e. The molecule has 2 fully saturated rings. The number of nitrogens with one attached hydrogen (secondary N) is 1. The van der Waals surface area contributed by atoms with Gasteiger partial charge in [-0.1, -0.05) is 6.07 Å². The van der Waals surface area contributed by atoms with Crippen LogP contribution < -0.4 is 5.32 Å². The lowest BCUT2D eigenvalue weighted by atomic mass is 10.3. The van der Waals surface area contributed by atoms with E-state index in [0.29, 0.717) is 12.6 Å². The van der Waals surface area contributed by atoms with E-state index in [2.05, 4.69) is 16.8 Å². The third kappa shape index (κ3) is 1.26. The highest BCUT2D eigenvalue weighted by Gasteiger charge is 2.41. The zero-order chi connectivity index (χ0) is 9.54. The summed E-state index contributed by atoms with van der Waals surface area (Å²) in [6.07, 6.45) is 2.50. The van der Waals surface area contributed by atoms with Crippen LogP contribution in [-0.2, 0) is 4.79 Å². The van der Waals surface area contributed by atoms with Gasteiger partial charge in [0, 0.05) is 10.9 Å². The molecular weight excluding hydrogens is 196 g/mol. The molecule has 1 atom stereocenters. The summed E-state index contributed by atoms with van der Waals surface area (Å²) in [5, 5.41) is 5.33. The van der Waals surface area contributed by atoms with Crippen LogP contribution in [0.4, 0.5) is 0 Å². The predicted octanol–water partition coefficient (Wildman–Crippen LogP) is 1.34. The lowest BCUT2D eigenvalue weighted by Gasteiger charge is -2.22. The molecule has 0 aromatic carbocycles. The molecule has 3 nitrogen and oxygen atoms in total. The molecule has 3 rings (SSSR count). The van der Waals surface area contributed by atoms with Crippen molar-refractivity contribution in [3.05, 3.63) is 22.4 Å². The molecule has 1 aromatic rings. The highest BCUT2D eigenvalue weighted by molar-refractivity contribution is 7.10. The summed E-state index contributed by atoms with van der Waals surface area (Å²) in [4.78, 5) is 14.9. The number of amides is 1. The van der Waals surface area contributed by atoms with Gasteiger partial charge in [-0.05, 0) is 24.3 Å². The Morgan fingerprint density at radius 1 is 1.50 bits per heavy atom. The van der Waals surface area contributed by atoms with Crippen LogP contribution in [0.1, 0.15) is 23.9 Å². The number of carbonyl (C=O) groups is 1. The first-order chi connectivity index (χ1) is 6.86. The van der Waals surface area contributed by atoms with Crippen molar-refractivity contribution >= 4 is 17.2 Å². The van der Waals surface area contributed by atoms with Gasteiger partial charge in [-0.3, -0.25) is 10.1 Å². The van der Waals surface area contributed by atoms with Crippen LogP contribution in [0, 0.1) is 0 Å². The van der Waals surface area contributed by atoms with E-state index in [1.807, 2.05) is 11.0 Å². The Labute approximate surface area is 86.7 Å². The van der Waals surface area contributed by atoms with Gasteiger partial charge in [0.05, 0.1) is 6.54 Å². The number of nitrogens with zero attached hydrogens (tertiary/aromatic N) is 1. The van der Waals surface area contributed by atoms with Crippen molar-refractivity contribution in [1.82, 2.24) is 10.2 Å². The molecule has 1 amide bonds. The molecule has 74 valence electrons. The van der Waals surface area contributed by atoms with Crippen molar-refractivity contribution in [2.75, 3.05) is 6.54 Å². The molecule has 1 saturated carbocycles. The van der Waals surface area contributed by atoms with E-state index in [-0.39, 0.29) is 12.1 Å². The maximum absolute atomic E-state index is 11.6. The summed E-state index contributed by atoms with van der Waals surface area (Å²) in [6.45, 7) is 0.499. The minimum atomic E-state index is 0.148. The van der Waals surface area contributed by atoms with Crippen molar-refractivity contribution in [3.63, 3.8) is 0 Å². The Balaban J connectivity index is 1.88. The molecule has 2 aliphatic rings. The number of hydrogen-bond donors (Lipinski definition) is 1. The zero-order valence-corrected chi connectivity index (χ0v) is 8.59. The quantitative estimate of drug-likeness (QED) is 0.795. The molecule has 2 heterocycles. The predicted molar refractivity (Wildman–Crippen MR) is 54.9 cm³/mol. The molecule has 1 aliphatic carbocycles. The molecule has 1 aromatic heterocycles. The van der Waals surface area contributed by atoms with E-state index in [4.69, 9.17) is 0 Å². The average Bonchev–Trinajstić information content (AvgIpc) is 2.75. The smallest absolute Gasteiger partial charge is 0.238 e. The fraction of sp³-hybridized carbons (Fsp3) is 0.500. The normalized spacial score (nSPS) is 27.3. The van der Waals surface area contributed by atoms with Gasteiger partial charge in [0.25, 0.3) is 0 Å². The molecular formula is C10H12N2OS. The first-order valence-electron chi connectivity index (χ1n) is 4.94. The van der Waals surface area contributed by atoms with Crippen LogP contribution in [0.25, 0.3) is 0 Å². The molecule has 1 unspecified atom stereocenters. The Kier molecular flexibility index (Phi) is 1.85. The maximum atomic E-state index is 11.6. The molecule has 0 spiro atoms. The number of hydrogen-bond acceptors (Lipinski definition) is 3. The van der Waals surface area contributed by atoms with Gasteiger partial charge in [-0.25, -0.2) is 0 Å². The summed E-state index contributed by atoms with van der Waals surface area (Å²) in [5.41, 5.74) is 0. The van der Waals surface area contributed by atoms with Gasteiger partial charge in [0.1, 0.15) is 6.17 Å². The highest BCUT2D eigenvalue weighted by Crippen LogP contribution is 2.36. The second-order valence-electron chi connectivity index (χ2n) is 3.83. The summed E-state index contributed by atoms with van der Waals surface area (Å²) in [6, 6.07) is 4.64. The Bertz CT molecular complexity index is 345. The van der Waals surface area contributed by atoms with Gasteiger partial charge in [0.2, 0.25) is 5.91 Å². The Morgan fingerprint density at radius 3 is 3.00 bits per heavy atom. The summed E-state index contributed by atoms with van der Waals surface area (Å²) < 4.78 is 0. The molecule has 14 heavy (non-hydrogen) atoms. The number of rotatable bonds is 2. The first kappa shape index (κ1) is 8.44. The highest BCUT2D eigenvalue weighted by atomic mass is 32.1. The zero-order valence-electron chi connectivity index (χ0n) is 7.77. The van der Waals surface area contributed by atoms with Crippen LogP contribution in [0.5, 0.6) is 0 Å². The molecule has 4 heteroatoms. The van der Waals surface area contributed by atoms with Gasteiger partial charge in [-0.15, -0.1) is 11.3 Å².